The fraction of sp³-hybridized carbons (Fsp3) is 0.571. The molecule has 3 rings (SSSR count). The highest BCUT2D eigenvalue weighted by Crippen LogP contribution is 2.51. The van der Waals surface area contributed by atoms with E-state index in [1.165, 1.54) is 5.56 Å². The fourth-order valence-electron chi connectivity index (χ4n) is 3.13. The molecule has 3 nitrogen and oxygen atoms in total. The molecular weight excluding hydrogens is 214 g/mol. The van der Waals surface area contributed by atoms with Gasteiger partial charge in [0.1, 0.15) is 5.75 Å². The van der Waals surface area contributed by atoms with Crippen molar-refractivity contribution < 1.29 is 9.84 Å². The minimum absolute atomic E-state index is 0.381. The highest BCUT2D eigenvalue weighted by atomic mass is 16.5. The Bertz CT molecular complexity index is 378. The van der Waals surface area contributed by atoms with Crippen molar-refractivity contribution in [3.63, 3.8) is 0 Å². The summed E-state index contributed by atoms with van der Waals surface area (Å²) in [5, 5.41) is 9.11. The molecule has 0 bridgehead atoms. The van der Waals surface area contributed by atoms with Gasteiger partial charge in [-0.2, -0.15) is 0 Å². The number of hydrogen-bond donors (Lipinski definition) is 1. The number of hydrogen-bond acceptors (Lipinski definition) is 3. The van der Waals surface area contributed by atoms with Crippen LogP contribution >= 0.6 is 0 Å². The summed E-state index contributed by atoms with van der Waals surface area (Å²) >= 11 is 0. The summed E-state index contributed by atoms with van der Waals surface area (Å²) in [4.78, 5) is 2.49. The van der Waals surface area contributed by atoms with Crippen LogP contribution in [0.5, 0.6) is 5.75 Å². The van der Waals surface area contributed by atoms with Gasteiger partial charge in [0, 0.05) is 26.2 Å². The molecule has 92 valence electrons. The van der Waals surface area contributed by atoms with Crippen LogP contribution in [0.15, 0.2) is 24.3 Å². The molecule has 1 aliphatic heterocycles. The van der Waals surface area contributed by atoms with Crippen LogP contribution in [-0.4, -0.2) is 36.8 Å². The van der Waals surface area contributed by atoms with E-state index in [0.29, 0.717) is 12.5 Å². The zero-order chi connectivity index (χ0) is 11.8. The van der Waals surface area contributed by atoms with Crippen LogP contribution in [0.1, 0.15) is 5.56 Å². The summed E-state index contributed by atoms with van der Waals surface area (Å²) in [6.07, 6.45) is 0. The van der Waals surface area contributed by atoms with Crippen LogP contribution < -0.4 is 4.74 Å². The maximum Gasteiger partial charge on any atom is 0.118 e. The number of nitrogens with zero attached hydrogens (tertiary/aromatic N) is 1. The fourth-order valence-corrected chi connectivity index (χ4v) is 3.13. The van der Waals surface area contributed by atoms with E-state index in [2.05, 4.69) is 17.0 Å². The molecule has 1 aliphatic carbocycles. The lowest BCUT2D eigenvalue weighted by Crippen LogP contribution is -2.24. The molecule has 2 unspecified atom stereocenters. The molecule has 2 fully saturated rings. The van der Waals surface area contributed by atoms with Crippen LogP contribution in [-0.2, 0) is 6.54 Å². The van der Waals surface area contributed by atoms with Crippen molar-refractivity contribution in [2.24, 2.45) is 17.8 Å². The predicted octanol–water partition coefficient (Wildman–Crippen LogP) is 1.37. The van der Waals surface area contributed by atoms with Gasteiger partial charge in [-0.1, -0.05) is 12.1 Å². The minimum atomic E-state index is 0.381. The Morgan fingerprint density at radius 3 is 2.41 bits per heavy atom. The first-order valence-electron chi connectivity index (χ1n) is 6.28. The van der Waals surface area contributed by atoms with Gasteiger partial charge in [-0.3, -0.25) is 4.90 Å². The van der Waals surface area contributed by atoms with E-state index in [0.717, 1.165) is 37.2 Å². The van der Waals surface area contributed by atoms with Gasteiger partial charge in [0.05, 0.1) is 7.11 Å². The molecule has 17 heavy (non-hydrogen) atoms. The molecular formula is C14H19NO2. The van der Waals surface area contributed by atoms with Crippen molar-refractivity contribution in [3.05, 3.63) is 29.8 Å². The van der Waals surface area contributed by atoms with E-state index < -0.39 is 0 Å². The molecule has 1 saturated carbocycles. The Morgan fingerprint density at radius 1 is 1.24 bits per heavy atom. The first-order chi connectivity index (χ1) is 8.31. The van der Waals surface area contributed by atoms with E-state index in [-0.39, 0.29) is 0 Å². The van der Waals surface area contributed by atoms with Gasteiger partial charge >= 0.3 is 0 Å². The Hall–Kier alpha value is -1.06. The summed E-state index contributed by atoms with van der Waals surface area (Å²) in [6, 6.07) is 8.30. The van der Waals surface area contributed by atoms with E-state index >= 15 is 0 Å². The van der Waals surface area contributed by atoms with Crippen LogP contribution in [0.25, 0.3) is 0 Å². The molecule has 0 spiro atoms. The Labute approximate surface area is 102 Å². The Morgan fingerprint density at radius 2 is 1.88 bits per heavy atom. The summed E-state index contributed by atoms with van der Waals surface area (Å²) in [5.41, 5.74) is 1.34. The molecule has 0 radical (unpaired) electrons. The zero-order valence-electron chi connectivity index (χ0n) is 10.2. The molecule has 0 amide bonds. The molecule has 1 N–H and O–H groups in total. The second kappa shape index (κ2) is 4.31. The predicted molar refractivity (Wildman–Crippen MR) is 65.8 cm³/mol. The molecule has 1 heterocycles. The topological polar surface area (TPSA) is 32.7 Å². The second-order valence-electron chi connectivity index (χ2n) is 5.22. The van der Waals surface area contributed by atoms with Gasteiger partial charge < -0.3 is 9.84 Å². The minimum Gasteiger partial charge on any atom is -0.497 e. The average molecular weight is 233 g/mol. The summed E-state index contributed by atoms with van der Waals surface area (Å²) in [6.45, 7) is 3.71. The number of benzene rings is 1. The molecule has 0 aromatic heterocycles. The smallest absolute Gasteiger partial charge is 0.118 e. The number of piperidine rings is 1. The van der Waals surface area contributed by atoms with Crippen molar-refractivity contribution in [1.82, 2.24) is 4.90 Å². The molecule has 1 saturated heterocycles. The quantitative estimate of drug-likeness (QED) is 0.852. The lowest BCUT2D eigenvalue weighted by molar-refractivity contribution is 0.217. The lowest BCUT2D eigenvalue weighted by atomic mass is 10.2. The van der Waals surface area contributed by atoms with Crippen molar-refractivity contribution >= 4 is 0 Å². The third kappa shape index (κ3) is 2.05. The number of aliphatic hydroxyl groups is 1. The highest BCUT2D eigenvalue weighted by Gasteiger charge is 2.54. The van der Waals surface area contributed by atoms with Gasteiger partial charge in [0.15, 0.2) is 0 Å². The lowest BCUT2D eigenvalue weighted by Gasteiger charge is -2.19. The summed E-state index contributed by atoms with van der Waals surface area (Å²) < 4.78 is 5.15. The van der Waals surface area contributed by atoms with Gasteiger partial charge in [0.25, 0.3) is 0 Å². The van der Waals surface area contributed by atoms with Crippen molar-refractivity contribution in [3.8, 4) is 5.75 Å². The molecule has 1 aromatic rings. The molecule has 2 atom stereocenters. The Balaban J connectivity index is 1.55. The van der Waals surface area contributed by atoms with Gasteiger partial charge in [-0.25, -0.2) is 0 Å². The number of methoxy groups -OCH3 is 1. The second-order valence-corrected chi connectivity index (χ2v) is 5.22. The van der Waals surface area contributed by atoms with Crippen molar-refractivity contribution in [2.75, 3.05) is 26.8 Å². The Kier molecular flexibility index (Phi) is 2.81. The van der Waals surface area contributed by atoms with Crippen molar-refractivity contribution in [2.45, 2.75) is 6.54 Å². The van der Waals surface area contributed by atoms with E-state index in [9.17, 15) is 0 Å². The van der Waals surface area contributed by atoms with Crippen LogP contribution in [0, 0.1) is 17.8 Å². The number of likely N-dealkylation sites (tertiary alicyclic amines) is 1. The number of fused-ring (bicyclic) bond motifs is 1. The normalized spacial score (nSPS) is 31.3. The zero-order valence-corrected chi connectivity index (χ0v) is 10.2. The maximum atomic E-state index is 9.11. The SMILES string of the molecule is COc1ccc(CN2CC3C(CO)C3C2)cc1. The van der Waals surface area contributed by atoms with Crippen LogP contribution in [0.2, 0.25) is 0 Å². The largest absolute Gasteiger partial charge is 0.497 e. The van der Waals surface area contributed by atoms with Crippen LogP contribution in [0.4, 0.5) is 0 Å². The van der Waals surface area contributed by atoms with Crippen LogP contribution in [0.3, 0.4) is 0 Å². The number of rotatable bonds is 4. The maximum absolute atomic E-state index is 9.11. The standard InChI is InChI=1S/C14H19NO2/c1-17-11-4-2-10(3-5-11)6-15-7-12-13(8-15)14(12)9-16/h2-5,12-14,16H,6-9H2,1H3. The summed E-state index contributed by atoms with van der Waals surface area (Å²) in [5.74, 6) is 3.04. The van der Waals surface area contributed by atoms with Gasteiger partial charge in [-0.05, 0) is 35.4 Å². The highest BCUT2D eigenvalue weighted by molar-refractivity contribution is 5.27. The van der Waals surface area contributed by atoms with Gasteiger partial charge in [-0.15, -0.1) is 0 Å². The van der Waals surface area contributed by atoms with Gasteiger partial charge in [0.2, 0.25) is 0 Å². The number of ether oxygens (including phenoxy) is 1. The monoisotopic (exact) mass is 233 g/mol. The van der Waals surface area contributed by atoms with E-state index in [4.69, 9.17) is 9.84 Å². The first-order valence-corrected chi connectivity index (χ1v) is 6.28. The van der Waals surface area contributed by atoms with Crippen molar-refractivity contribution in [1.29, 1.82) is 0 Å². The average Bonchev–Trinajstić information content (AvgIpc) is 2.85. The first kappa shape index (κ1) is 11.1. The van der Waals surface area contributed by atoms with E-state index in [1.807, 2.05) is 12.1 Å². The molecule has 2 aliphatic rings. The summed E-state index contributed by atoms with van der Waals surface area (Å²) in [7, 11) is 1.69. The van der Waals surface area contributed by atoms with E-state index in [1.54, 1.807) is 7.11 Å². The third-order valence-corrected chi connectivity index (χ3v) is 4.22. The third-order valence-electron chi connectivity index (χ3n) is 4.22. The number of aliphatic hydroxyl groups excluding tert-OH is 1. The molecule has 1 aromatic carbocycles. The molecule has 3 heteroatoms.